The number of rotatable bonds is 3. The van der Waals surface area contributed by atoms with E-state index in [1.54, 1.807) is 13.0 Å². The molecule has 0 bridgehead atoms. The van der Waals surface area contributed by atoms with Crippen LogP contribution in [0.4, 0.5) is 10.1 Å². The topological polar surface area (TPSA) is 90.2 Å². The lowest BCUT2D eigenvalue weighted by Crippen LogP contribution is -2.14. The van der Waals surface area contributed by atoms with E-state index in [0.717, 1.165) is 12.1 Å². The minimum Gasteiger partial charge on any atom is -0.508 e. The molecule has 21 heavy (non-hydrogen) atoms. The molecule has 0 amide bonds. The molecule has 0 aliphatic rings. The molecule has 0 radical (unpaired) electrons. The number of phenols is 1. The van der Waals surface area contributed by atoms with Gasteiger partial charge >= 0.3 is 0 Å². The summed E-state index contributed by atoms with van der Waals surface area (Å²) in [6.45, 7) is 1.61. The number of phenolic OH excluding ortho intramolecular Hbond substituents is 1. The van der Waals surface area contributed by atoms with Gasteiger partial charge in [0.15, 0.2) is 0 Å². The minimum atomic E-state index is -4.11. The second-order valence-electron chi connectivity index (χ2n) is 4.36. The number of benzene rings is 2. The highest BCUT2D eigenvalue weighted by Gasteiger charge is 2.19. The number of anilines is 1. The minimum absolute atomic E-state index is 0.0301. The number of sulfonamides is 1. The van der Waals surface area contributed by atoms with Crippen molar-refractivity contribution in [1.82, 2.24) is 0 Å². The maximum atomic E-state index is 13.8. The molecule has 0 spiro atoms. The standard InChI is InChI=1S/C14H11FN2O3S/c1-9-6-11(3-4-13(9)18)17-21(19,20)14-5-2-10(8-16)7-12(14)15/h2-7,17-18H,1H3. The first-order valence-corrected chi connectivity index (χ1v) is 7.34. The van der Waals surface area contributed by atoms with Crippen LogP contribution >= 0.6 is 0 Å². The molecular formula is C14H11FN2O3S. The lowest BCUT2D eigenvalue weighted by Gasteiger charge is -2.10. The average Bonchev–Trinajstić information content (AvgIpc) is 2.42. The monoisotopic (exact) mass is 306 g/mol. The number of nitrogens with zero attached hydrogens (tertiary/aromatic N) is 1. The van der Waals surface area contributed by atoms with Crippen LogP contribution in [0.2, 0.25) is 0 Å². The van der Waals surface area contributed by atoms with Gasteiger partial charge in [0.1, 0.15) is 16.5 Å². The summed E-state index contributed by atoms with van der Waals surface area (Å²) in [5, 5.41) is 18.0. The maximum Gasteiger partial charge on any atom is 0.264 e. The van der Waals surface area contributed by atoms with Crippen LogP contribution in [0, 0.1) is 24.1 Å². The van der Waals surface area contributed by atoms with E-state index in [0.29, 0.717) is 5.56 Å². The smallest absolute Gasteiger partial charge is 0.264 e. The van der Waals surface area contributed by atoms with Crippen LogP contribution in [0.15, 0.2) is 41.3 Å². The molecule has 0 heterocycles. The van der Waals surface area contributed by atoms with Crippen molar-refractivity contribution in [1.29, 1.82) is 5.26 Å². The van der Waals surface area contributed by atoms with Gasteiger partial charge in [-0.3, -0.25) is 4.72 Å². The van der Waals surface area contributed by atoms with Crippen LogP contribution in [0.25, 0.3) is 0 Å². The first-order valence-electron chi connectivity index (χ1n) is 5.85. The molecule has 108 valence electrons. The number of nitriles is 1. The van der Waals surface area contributed by atoms with Gasteiger partial charge in [0, 0.05) is 5.69 Å². The van der Waals surface area contributed by atoms with Crippen molar-refractivity contribution in [2.24, 2.45) is 0 Å². The Kier molecular flexibility index (Phi) is 3.82. The van der Waals surface area contributed by atoms with E-state index in [4.69, 9.17) is 5.26 Å². The van der Waals surface area contributed by atoms with E-state index in [1.165, 1.54) is 24.3 Å². The fourth-order valence-electron chi connectivity index (χ4n) is 1.72. The van der Waals surface area contributed by atoms with Gasteiger partial charge < -0.3 is 5.11 Å². The second-order valence-corrected chi connectivity index (χ2v) is 6.01. The number of aryl methyl sites for hydroxylation is 1. The van der Waals surface area contributed by atoms with E-state index in [9.17, 15) is 17.9 Å². The molecule has 0 saturated heterocycles. The van der Waals surface area contributed by atoms with Gasteiger partial charge in [-0.15, -0.1) is 0 Å². The second kappa shape index (κ2) is 5.42. The van der Waals surface area contributed by atoms with E-state index < -0.39 is 20.7 Å². The highest BCUT2D eigenvalue weighted by atomic mass is 32.2. The Hall–Kier alpha value is -2.59. The lowest BCUT2D eigenvalue weighted by molar-refractivity contribution is 0.471. The van der Waals surface area contributed by atoms with Crippen molar-refractivity contribution < 1.29 is 17.9 Å². The zero-order valence-electron chi connectivity index (χ0n) is 11.0. The van der Waals surface area contributed by atoms with Crippen molar-refractivity contribution in [2.75, 3.05) is 4.72 Å². The average molecular weight is 306 g/mol. The molecule has 7 heteroatoms. The number of halogens is 1. The maximum absolute atomic E-state index is 13.8. The van der Waals surface area contributed by atoms with Crippen LogP contribution in [-0.4, -0.2) is 13.5 Å². The quantitative estimate of drug-likeness (QED) is 0.853. The molecule has 0 aliphatic carbocycles. The van der Waals surface area contributed by atoms with Crippen molar-refractivity contribution in [3.63, 3.8) is 0 Å². The number of aromatic hydroxyl groups is 1. The van der Waals surface area contributed by atoms with Crippen molar-refractivity contribution in [3.8, 4) is 11.8 Å². The normalized spacial score (nSPS) is 10.9. The van der Waals surface area contributed by atoms with Crippen LogP contribution in [0.5, 0.6) is 5.75 Å². The largest absolute Gasteiger partial charge is 0.508 e. The van der Waals surface area contributed by atoms with Crippen molar-refractivity contribution in [2.45, 2.75) is 11.8 Å². The third kappa shape index (κ3) is 3.12. The van der Waals surface area contributed by atoms with Crippen molar-refractivity contribution >= 4 is 15.7 Å². The fraction of sp³-hybridized carbons (Fsp3) is 0.0714. The summed E-state index contributed by atoms with van der Waals surface area (Å²) in [6, 6.07) is 8.96. The molecule has 0 fully saturated rings. The summed E-state index contributed by atoms with van der Waals surface area (Å²) in [4.78, 5) is -0.549. The summed E-state index contributed by atoms with van der Waals surface area (Å²) in [7, 11) is -4.11. The highest BCUT2D eigenvalue weighted by Crippen LogP contribution is 2.24. The molecule has 2 rings (SSSR count). The molecule has 0 saturated carbocycles. The molecule has 0 atom stereocenters. The zero-order valence-corrected chi connectivity index (χ0v) is 11.8. The van der Waals surface area contributed by atoms with Crippen LogP contribution < -0.4 is 4.72 Å². The Labute approximate surface area is 121 Å². The predicted octanol–water partition coefficient (Wildman–Crippen LogP) is 2.51. The van der Waals surface area contributed by atoms with E-state index in [-0.39, 0.29) is 17.0 Å². The zero-order chi connectivity index (χ0) is 15.6. The lowest BCUT2D eigenvalue weighted by atomic mass is 10.2. The van der Waals surface area contributed by atoms with E-state index in [1.807, 2.05) is 0 Å². The summed E-state index contributed by atoms with van der Waals surface area (Å²) in [5.41, 5.74) is 0.719. The first kappa shape index (κ1) is 14.8. The fourth-order valence-corrected chi connectivity index (χ4v) is 2.83. The summed E-state index contributed by atoms with van der Waals surface area (Å²) in [6.07, 6.45) is 0. The van der Waals surface area contributed by atoms with E-state index >= 15 is 0 Å². The SMILES string of the molecule is Cc1cc(NS(=O)(=O)c2ccc(C#N)cc2F)ccc1O. The molecular weight excluding hydrogens is 295 g/mol. The van der Waals surface area contributed by atoms with Crippen LogP contribution in [-0.2, 0) is 10.0 Å². The molecule has 2 N–H and O–H groups in total. The Morgan fingerprint density at radius 3 is 2.52 bits per heavy atom. The van der Waals surface area contributed by atoms with Crippen LogP contribution in [0.1, 0.15) is 11.1 Å². The van der Waals surface area contributed by atoms with Gasteiger partial charge in [-0.2, -0.15) is 5.26 Å². The Morgan fingerprint density at radius 1 is 1.24 bits per heavy atom. The third-order valence-corrected chi connectivity index (χ3v) is 4.21. The van der Waals surface area contributed by atoms with Gasteiger partial charge in [0.2, 0.25) is 0 Å². The third-order valence-electron chi connectivity index (χ3n) is 2.80. The Bertz CT molecular complexity index is 842. The van der Waals surface area contributed by atoms with Gasteiger partial charge in [-0.25, -0.2) is 12.8 Å². The first-order chi connectivity index (χ1) is 9.83. The van der Waals surface area contributed by atoms with Crippen LogP contribution in [0.3, 0.4) is 0 Å². The molecule has 0 unspecified atom stereocenters. The highest BCUT2D eigenvalue weighted by molar-refractivity contribution is 7.92. The van der Waals surface area contributed by atoms with Gasteiger partial charge in [-0.05, 0) is 48.9 Å². The molecule has 2 aromatic carbocycles. The number of hydrogen-bond donors (Lipinski definition) is 2. The molecule has 0 aromatic heterocycles. The molecule has 2 aromatic rings. The summed E-state index contributed by atoms with van der Waals surface area (Å²) >= 11 is 0. The Balaban J connectivity index is 2.38. The number of nitrogens with one attached hydrogen (secondary N) is 1. The van der Waals surface area contributed by atoms with E-state index in [2.05, 4.69) is 4.72 Å². The van der Waals surface area contributed by atoms with Gasteiger partial charge in [0.25, 0.3) is 10.0 Å². The molecule has 5 nitrogen and oxygen atoms in total. The predicted molar refractivity (Wildman–Crippen MR) is 74.8 cm³/mol. The van der Waals surface area contributed by atoms with Gasteiger partial charge in [0.05, 0.1) is 11.6 Å². The summed E-state index contributed by atoms with van der Waals surface area (Å²) < 4.78 is 40.2. The number of hydrogen-bond acceptors (Lipinski definition) is 4. The summed E-state index contributed by atoms with van der Waals surface area (Å²) in [5.74, 6) is -0.973. The van der Waals surface area contributed by atoms with Crippen molar-refractivity contribution in [3.05, 3.63) is 53.3 Å². The Morgan fingerprint density at radius 2 is 1.95 bits per heavy atom. The van der Waals surface area contributed by atoms with Gasteiger partial charge in [-0.1, -0.05) is 0 Å². The molecule has 0 aliphatic heterocycles.